The van der Waals surface area contributed by atoms with Crippen LogP contribution in [-0.2, 0) is 0 Å². The van der Waals surface area contributed by atoms with Gasteiger partial charge in [0.2, 0.25) is 5.95 Å². The van der Waals surface area contributed by atoms with E-state index in [2.05, 4.69) is 15.3 Å². The summed E-state index contributed by atoms with van der Waals surface area (Å²) in [5, 5.41) is 3.12. The molecule has 0 unspecified atom stereocenters. The van der Waals surface area contributed by atoms with E-state index in [1.807, 2.05) is 44.2 Å². The standard InChI is InChI=1S/C14H17N3O/c1-11-4-3-5-13(10-11)18-9-8-16-14-15-7-6-12(2)17-14/h3-7,10H,8-9H2,1-2H3,(H,15,16,17). The van der Waals surface area contributed by atoms with Crippen LogP contribution >= 0.6 is 0 Å². The van der Waals surface area contributed by atoms with Gasteiger partial charge < -0.3 is 10.1 Å². The van der Waals surface area contributed by atoms with Gasteiger partial charge in [0.1, 0.15) is 12.4 Å². The van der Waals surface area contributed by atoms with Crippen molar-refractivity contribution in [2.45, 2.75) is 13.8 Å². The lowest BCUT2D eigenvalue weighted by atomic mass is 10.2. The molecule has 94 valence electrons. The van der Waals surface area contributed by atoms with E-state index in [4.69, 9.17) is 4.74 Å². The van der Waals surface area contributed by atoms with Crippen molar-refractivity contribution in [2.75, 3.05) is 18.5 Å². The molecule has 4 heteroatoms. The Morgan fingerprint density at radius 2 is 2.11 bits per heavy atom. The van der Waals surface area contributed by atoms with Crippen LogP contribution in [0.25, 0.3) is 0 Å². The fourth-order valence-corrected chi connectivity index (χ4v) is 1.57. The highest BCUT2D eigenvalue weighted by Gasteiger charge is 1.96. The van der Waals surface area contributed by atoms with E-state index in [-0.39, 0.29) is 0 Å². The molecule has 4 nitrogen and oxygen atoms in total. The zero-order valence-electron chi connectivity index (χ0n) is 10.7. The lowest BCUT2D eigenvalue weighted by Gasteiger charge is -2.08. The molecule has 1 N–H and O–H groups in total. The molecule has 0 aliphatic carbocycles. The van der Waals surface area contributed by atoms with Crippen molar-refractivity contribution < 1.29 is 4.74 Å². The van der Waals surface area contributed by atoms with Crippen molar-refractivity contribution >= 4 is 5.95 Å². The summed E-state index contributed by atoms with van der Waals surface area (Å²) in [5.41, 5.74) is 2.15. The molecule has 0 saturated heterocycles. The first-order chi connectivity index (χ1) is 8.74. The van der Waals surface area contributed by atoms with Crippen molar-refractivity contribution in [1.82, 2.24) is 9.97 Å². The van der Waals surface area contributed by atoms with Crippen LogP contribution in [-0.4, -0.2) is 23.1 Å². The van der Waals surface area contributed by atoms with Crippen LogP contribution in [0.5, 0.6) is 5.75 Å². The summed E-state index contributed by atoms with van der Waals surface area (Å²) < 4.78 is 5.62. The van der Waals surface area contributed by atoms with Gasteiger partial charge >= 0.3 is 0 Å². The lowest BCUT2D eigenvalue weighted by molar-refractivity contribution is 0.332. The topological polar surface area (TPSA) is 47.0 Å². The van der Waals surface area contributed by atoms with E-state index in [0.717, 1.165) is 11.4 Å². The maximum absolute atomic E-state index is 5.62. The molecular weight excluding hydrogens is 226 g/mol. The molecule has 0 aliphatic rings. The molecule has 0 aliphatic heterocycles. The minimum Gasteiger partial charge on any atom is -0.492 e. The van der Waals surface area contributed by atoms with Crippen LogP contribution in [0, 0.1) is 13.8 Å². The number of aryl methyl sites for hydroxylation is 2. The lowest BCUT2D eigenvalue weighted by Crippen LogP contribution is -2.13. The Balaban J connectivity index is 1.76. The third kappa shape index (κ3) is 3.73. The second kappa shape index (κ2) is 6.00. The number of hydrogen-bond acceptors (Lipinski definition) is 4. The molecule has 0 radical (unpaired) electrons. The van der Waals surface area contributed by atoms with Gasteiger partial charge in [-0.05, 0) is 37.6 Å². The van der Waals surface area contributed by atoms with Gasteiger partial charge in [-0.15, -0.1) is 0 Å². The second-order valence-electron chi connectivity index (χ2n) is 4.11. The molecule has 18 heavy (non-hydrogen) atoms. The van der Waals surface area contributed by atoms with E-state index in [1.54, 1.807) is 6.20 Å². The summed E-state index contributed by atoms with van der Waals surface area (Å²) in [6.45, 7) is 5.25. The predicted molar refractivity (Wildman–Crippen MR) is 71.9 cm³/mol. The van der Waals surface area contributed by atoms with Gasteiger partial charge in [-0.3, -0.25) is 0 Å². The van der Waals surface area contributed by atoms with E-state index in [1.165, 1.54) is 5.56 Å². The summed E-state index contributed by atoms with van der Waals surface area (Å²) in [5.74, 6) is 1.53. The Labute approximate surface area is 107 Å². The quantitative estimate of drug-likeness (QED) is 0.820. The summed E-state index contributed by atoms with van der Waals surface area (Å²) >= 11 is 0. The number of anilines is 1. The minimum atomic E-state index is 0.584. The maximum atomic E-state index is 5.62. The highest BCUT2D eigenvalue weighted by atomic mass is 16.5. The van der Waals surface area contributed by atoms with Crippen molar-refractivity contribution in [2.24, 2.45) is 0 Å². The number of hydrogen-bond donors (Lipinski definition) is 1. The molecule has 0 atom stereocenters. The highest BCUT2D eigenvalue weighted by molar-refractivity contribution is 5.28. The Morgan fingerprint density at radius 1 is 1.22 bits per heavy atom. The van der Waals surface area contributed by atoms with E-state index < -0.39 is 0 Å². The number of benzene rings is 1. The van der Waals surface area contributed by atoms with Gasteiger partial charge in [-0.2, -0.15) is 0 Å². The summed E-state index contributed by atoms with van der Waals surface area (Å²) in [6.07, 6.45) is 1.74. The zero-order chi connectivity index (χ0) is 12.8. The number of nitrogens with zero attached hydrogens (tertiary/aromatic N) is 2. The van der Waals surface area contributed by atoms with E-state index >= 15 is 0 Å². The van der Waals surface area contributed by atoms with Crippen LogP contribution in [0.15, 0.2) is 36.5 Å². The average Bonchev–Trinajstić information content (AvgIpc) is 2.35. The Kier molecular flexibility index (Phi) is 4.12. The maximum Gasteiger partial charge on any atom is 0.222 e. The SMILES string of the molecule is Cc1cccc(OCCNc2nccc(C)n2)c1. The van der Waals surface area contributed by atoms with Crippen LogP contribution in [0.3, 0.4) is 0 Å². The van der Waals surface area contributed by atoms with Gasteiger partial charge in [0.05, 0.1) is 6.54 Å². The van der Waals surface area contributed by atoms with Gasteiger partial charge in [-0.1, -0.05) is 12.1 Å². The van der Waals surface area contributed by atoms with Crippen molar-refractivity contribution in [1.29, 1.82) is 0 Å². The second-order valence-corrected chi connectivity index (χ2v) is 4.11. The Hall–Kier alpha value is -2.10. The number of rotatable bonds is 5. The molecule has 0 saturated carbocycles. The number of aromatic nitrogens is 2. The first kappa shape index (κ1) is 12.4. The predicted octanol–water partition coefficient (Wildman–Crippen LogP) is 2.58. The zero-order valence-corrected chi connectivity index (χ0v) is 10.7. The molecule has 1 aromatic heterocycles. The molecular formula is C14H17N3O. The monoisotopic (exact) mass is 243 g/mol. The molecule has 0 bridgehead atoms. The Bertz CT molecular complexity index is 466. The molecule has 1 aromatic carbocycles. The van der Waals surface area contributed by atoms with Gasteiger partial charge in [0, 0.05) is 11.9 Å². The first-order valence-electron chi connectivity index (χ1n) is 5.97. The van der Waals surface area contributed by atoms with Crippen LogP contribution in [0.1, 0.15) is 11.3 Å². The number of nitrogens with one attached hydrogen (secondary N) is 1. The van der Waals surface area contributed by atoms with Crippen LogP contribution < -0.4 is 10.1 Å². The average molecular weight is 243 g/mol. The van der Waals surface area contributed by atoms with Crippen molar-refractivity contribution in [3.63, 3.8) is 0 Å². The summed E-state index contributed by atoms with van der Waals surface area (Å²) in [7, 11) is 0. The molecule has 0 spiro atoms. The van der Waals surface area contributed by atoms with Crippen molar-refractivity contribution in [3.8, 4) is 5.75 Å². The van der Waals surface area contributed by atoms with Crippen LogP contribution in [0.4, 0.5) is 5.95 Å². The van der Waals surface area contributed by atoms with Gasteiger partial charge in [0.15, 0.2) is 0 Å². The third-order valence-electron chi connectivity index (χ3n) is 2.44. The third-order valence-corrected chi connectivity index (χ3v) is 2.44. The molecule has 0 amide bonds. The molecule has 2 aromatic rings. The molecule has 0 fully saturated rings. The Morgan fingerprint density at radius 3 is 2.89 bits per heavy atom. The largest absolute Gasteiger partial charge is 0.492 e. The van der Waals surface area contributed by atoms with Gasteiger partial charge in [0.25, 0.3) is 0 Å². The van der Waals surface area contributed by atoms with Crippen LogP contribution in [0.2, 0.25) is 0 Å². The minimum absolute atomic E-state index is 0.584. The normalized spacial score (nSPS) is 10.1. The van der Waals surface area contributed by atoms with E-state index in [9.17, 15) is 0 Å². The number of ether oxygens (including phenoxy) is 1. The molecule has 2 rings (SSSR count). The van der Waals surface area contributed by atoms with Crippen molar-refractivity contribution in [3.05, 3.63) is 47.8 Å². The summed E-state index contributed by atoms with van der Waals surface area (Å²) in [4.78, 5) is 8.37. The summed E-state index contributed by atoms with van der Waals surface area (Å²) in [6, 6.07) is 9.88. The first-order valence-corrected chi connectivity index (χ1v) is 5.97. The fraction of sp³-hybridized carbons (Fsp3) is 0.286. The molecule has 1 heterocycles. The smallest absolute Gasteiger partial charge is 0.222 e. The van der Waals surface area contributed by atoms with Gasteiger partial charge in [-0.25, -0.2) is 9.97 Å². The van der Waals surface area contributed by atoms with E-state index in [0.29, 0.717) is 19.1 Å². The fourth-order valence-electron chi connectivity index (χ4n) is 1.57. The highest BCUT2D eigenvalue weighted by Crippen LogP contribution is 2.11.